The zero-order valence-corrected chi connectivity index (χ0v) is 21.2. The van der Waals surface area contributed by atoms with Crippen LogP contribution < -0.4 is 5.32 Å². The van der Waals surface area contributed by atoms with Gasteiger partial charge in [0.05, 0.1) is 0 Å². The molecule has 2 N–H and O–H groups in total. The second-order valence-corrected chi connectivity index (χ2v) is 9.82. The number of carbonyl (C=O) groups is 2. The fourth-order valence-corrected chi connectivity index (χ4v) is 5.42. The van der Waals surface area contributed by atoms with Gasteiger partial charge in [0.2, 0.25) is 0 Å². The molecule has 5 nitrogen and oxygen atoms in total. The summed E-state index contributed by atoms with van der Waals surface area (Å²) in [6.07, 6.45) is -0.589. The number of ether oxygens (including phenoxy) is 1. The lowest BCUT2D eigenvalue weighted by Crippen LogP contribution is -2.42. The fraction of sp³-hybridized carbons (Fsp3) is 0.118. The van der Waals surface area contributed by atoms with E-state index in [2.05, 4.69) is 47.8 Å². The van der Waals surface area contributed by atoms with E-state index in [1.54, 1.807) is 0 Å². The van der Waals surface area contributed by atoms with Gasteiger partial charge in [-0.15, -0.1) is 0 Å². The lowest BCUT2D eigenvalue weighted by Gasteiger charge is -2.17. The number of alkyl carbamates (subject to hydrolysis) is 1. The molecule has 1 unspecified atom stereocenters. The zero-order valence-electron chi connectivity index (χ0n) is 21.2. The van der Waals surface area contributed by atoms with Crippen molar-refractivity contribution in [1.29, 1.82) is 0 Å². The predicted octanol–water partition coefficient (Wildman–Crippen LogP) is 7.04. The highest BCUT2D eigenvalue weighted by Gasteiger charge is 2.29. The summed E-state index contributed by atoms with van der Waals surface area (Å²) in [7, 11) is 0. The normalized spacial score (nSPS) is 12.9. The van der Waals surface area contributed by atoms with E-state index in [0.29, 0.717) is 0 Å². The fourth-order valence-electron chi connectivity index (χ4n) is 5.42. The summed E-state index contributed by atoms with van der Waals surface area (Å²) in [6.45, 7) is 0.132. The smallest absolute Gasteiger partial charge is 0.407 e. The van der Waals surface area contributed by atoms with E-state index in [9.17, 15) is 14.7 Å². The number of hydrogen-bond acceptors (Lipinski definition) is 3. The Balaban J connectivity index is 1.11. The van der Waals surface area contributed by atoms with E-state index in [1.165, 1.54) is 5.39 Å². The number of carbonyl (C=O) groups excluding carboxylic acids is 1. The summed E-state index contributed by atoms with van der Waals surface area (Å²) in [5.74, 6) is -1.20. The van der Waals surface area contributed by atoms with Gasteiger partial charge in [-0.05, 0) is 55.8 Å². The highest BCUT2D eigenvalue weighted by Crippen LogP contribution is 2.44. The number of nitrogens with one attached hydrogen (secondary N) is 1. The molecule has 6 rings (SSSR count). The number of fused-ring (bicyclic) bond motifs is 4. The number of amides is 1. The van der Waals surface area contributed by atoms with Crippen LogP contribution in [0, 0.1) is 0 Å². The first-order valence-electron chi connectivity index (χ1n) is 13.0. The third kappa shape index (κ3) is 4.99. The highest BCUT2D eigenvalue weighted by molar-refractivity contribution is 5.87. The van der Waals surface area contributed by atoms with E-state index in [4.69, 9.17) is 4.74 Å². The number of carboxylic acids is 1. The van der Waals surface area contributed by atoms with Gasteiger partial charge in [0, 0.05) is 12.3 Å². The van der Waals surface area contributed by atoms with Crippen molar-refractivity contribution in [2.75, 3.05) is 6.61 Å². The van der Waals surface area contributed by atoms with Crippen molar-refractivity contribution < 1.29 is 19.4 Å². The van der Waals surface area contributed by atoms with Gasteiger partial charge in [0.25, 0.3) is 0 Å². The van der Waals surface area contributed by atoms with Gasteiger partial charge in [-0.25, -0.2) is 9.59 Å². The molecular formula is C34H27NO4. The third-order valence-corrected chi connectivity index (χ3v) is 7.41. The quantitative estimate of drug-likeness (QED) is 0.245. The van der Waals surface area contributed by atoms with Gasteiger partial charge >= 0.3 is 12.1 Å². The summed E-state index contributed by atoms with van der Waals surface area (Å²) >= 11 is 0. The highest BCUT2D eigenvalue weighted by atomic mass is 16.5. The molecule has 1 aliphatic rings. The molecule has 0 aliphatic heterocycles. The standard InChI is InChI=1S/C34H27NO4/c36-33(37)32(19-22-13-15-24(16-14-22)26-18-17-23-7-1-2-8-25(23)20-26)35-34(38)39-21-31-29-11-5-3-9-27(29)28-10-4-6-12-30(28)31/h1-18,20,31-32H,19,21H2,(H,35,38)(H,36,37). The minimum atomic E-state index is -1.11. The first kappa shape index (κ1) is 24.4. The van der Waals surface area contributed by atoms with Gasteiger partial charge in [-0.3, -0.25) is 0 Å². The van der Waals surface area contributed by atoms with Gasteiger partial charge in [0.1, 0.15) is 12.6 Å². The number of aliphatic carboxylic acids is 1. The molecule has 1 atom stereocenters. The van der Waals surface area contributed by atoms with Crippen LogP contribution in [0.2, 0.25) is 0 Å². The molecular weight excluding hydrogens is 486 g/mol. The van der Waals surface area contributed by atoms with E-state index >= 15 is 0 Å². The van der Waals surface area contributed by atoms with Crippen LogP contribution in [0.3, 0.4) is 0 Å². The van der Waals surface area contributed by atoms with Crippen LogP contribution in [0.4, 0.5) is 4.79 Å². The molecule has 0 fully saturated rings. The minimum Gasteiger partial charge on any atom is -0.480 e. The van der Waals surface area contributed by atoms with Crippen molar-refractivity contribution in [2.45, 2.75) is 18.4 Å². The summed E-state index contributed by atoms with van der Waals surface area (Å²) in [6, 6.07) is 37.3. The maximum atomic E-state index is 12.7. The van der Waals surface area contributed by atoms with Crippen molar-refractivity contribution in [3.63, 3.8) is 0 Å². The third-order valence-electron chi connectivity index (χ3n) is 7.41. The van der Waals surface area contributed by atoms with Crippen LogP contribution >= 0.6 is 0 Å². The molecule has 5 aromatic rings. The lowest BCUT2D eigenvalue weighted by molar-refractivity contribution is -0.139. The molecule has 1 amide bonds. The van der Waals surface area contributed by atoms with E-state index in [-0.39, 0.29) is 18.9 Å². The van der Waals surface area contributed by atoms with Crippen molar-refractivity contribution in [1.82, 2.24) is 5.32 Å². The van der Waals surface area contributed by atoms with Gasteiger partial charge < -0.3 is 15.2 Å². The van der Waals surface area contributed by atoms with Crippen molar-refractivity contribution in [3.8, 4) is 22.3 Å². The molecule has 0 saturated heterocycles. The lowest BCUT2D eigenvalue weighted by atomic mass is 9.98. The number of hydrogen-bond donors (Lipinski definition) is 2. The maximum Gasteiger partial charge on any atom is 0.407 e. The average molecular weight is 514 g/mol. The van der Waals surface area contributed by atoms with Crippen molar-refractivity contribution >= 4 is 22.8 Å². The Kier molecular flexibility index (Phi) is 6.55. The van der Waals surface area contributed by atoms with Crippen molar-refractivity contribution in [3.05, 3.63) is 132 Å². The second kappa shape index (κ2) is 10.5. The van der Waals surface area contributed by atoms with Crippen LogP contribution in [0.15, 0.2) is 115 Å². The Morgan fingerprint density at radius 1 is 0.718 bits per heavy atom. The van der Waals surface area contributed by atoms with Gasteiger partial charge in [0.15, 0.2) is 0 Å². The van der Waals surface area contributed by atoms with Gasteiger partial charge in [-0.1, -0.05) is 109 Å². The molecule has 0 saturated carbocycles. The molecule has 0 aromatic heterocycles. The Bertz CT molecular complexity index is 1630. The minimum absolute atomic E-state index is 0.0888. The van der Waals surface area contributed by atoms with E-state index < -0.39 is 18.1 Å². The molecule has 0 bridgehead atoms. The summed E-state index contributed by atoms with van der Waals surface area (Å²) in [4.78, 5) is 24.6. The SMILES string of the molecule is O=C(NC(Cc1ccc(-c2ccc3ccccc3c2)cc1)C(=O)O)OCC1c2ccccc2-c2ccccc21. The Labute approximate surface area is 226 Å². The molecule has 1 aliphatic carbocycles. The predicted molar refractivity (Wildman–Crippen MR) is 153 cm³/mol. The van der Waals surface area contributed by atoms with Crippen LogP contribution in [0.1, 0.15) is 22.6 Å². The Morgan fingerprint density at radius 3 is 1.97 bits per heavy atom. The monoisotopic (exact) mass is 513 g/mol. The number of carboxylic acid groups (broad SMARTS) is 1. The molecule has 0 heterocycles. The van der Waals surface area contributed by atoms with Crippen molar-refractivity contribution in [2.24, 2.45) is 0 Å². The van der Waals surface area contributed by atoms with Crippen LogP contribution in [-0.4, -0.2) is 29.8 Å². The molecule has 39 heavy (non-hydrogen) atoms. The molecule has 192 valence electrons. The van der Waals surface area contributed by atoms with E-state index in [1.807, 2.05) is 72.8 Å². The molecule has 0 spiro atoms. The summed E-state index contributed by atoms with van der Waals surface area (Å²) in [5.41, 5.74) is 7.43. The molecule has 5 heteroatoms. The Hall–Kier alpha value is -4.90. The number of benzene rings is 5. The number of rotatable bonds is 7. The Morgan fingerprint density at radius 2 is 1.31 bits per heavy atom. The van der Waals surface area contributed by atoms with E-state index in [0.717, 1.165) is 44.3 Å². The average Bonchev–Trinajstić information content (AvgIpc) is 3.29. The van der Waals surface area contributed by atoms with Crippen LogP contribution in [-0.2, 0) is 16.0 Å². The van der Waals surface area contributed by atoms with Gasteiger partial charge in [-0.2, -0.15) is 0 Å². The molecule has 5 aromatic carbocycles. The zero-order chi connectivity index (χ0) is 26.8. The largest absolute Gasteiger partial charge is 0.480 e. The summed E-state index contributed by atoms with van der Waals surface area (Å²) < 4.78 is 5.56. The summed E-state index contributed by atoms with van der Waals surface area (Å²) in [5, 5.41) is 14.7. The van der Waals surface area contributed by atoms with Crippen LogP contribution in [0.25, 0.3) is 33.0 Å². The van der Waals surface area contributed by atoms with Crippen LogP contribution in [0.5, 0.6) is 0 Å². The maximum absolute atomic E-state index is 12.7. The second-order valence-electron chi connectivity index (χ2n) is 9.82. The first-order valence-corrected chi connectivity index (χ1v) is 13.0. The molecule has 0 radical (unpaired) electrons. The first-order chi connectivity index (χ1) is 19.1. The topological polar surface area (TPSA) is 75.6 Å².